The first-order valence-corrected chi connectivity index (χ1v) is 8.17. The number of aryl methyl sites for hydroxylation is 2. The second kappa shape index (κ2) is 5.71. The van der Waals surface area contributed by atoms with Crippen molar-refractivity contribution < 1.29 is 4.74 Å². The van der Waals surface area contributed by atoms with Crippen LogP contribution in [-0.4, -0.2) is 17.8 Å². The minimum Gasteiger partial charge on any atom is -0.377 e. The Bertz CT molecular complexity index is 887. The van der Waals surface area contributed by atoms with E-state index in [9.17, 15) is 0 Å². The van der Waals surface area contributed by atoms with E-state index < -0.39 is 0 Å². The summed E-state index contributed by atoms with van der Waals surface area (Å²) >= 11 is 0. The molecule has 23 heavy (non-hydrogen) atoms. The standard InChI is InChI=1S/C21H21NO/c1-15-8-9-19-18(14-15)21-17(16-6-4-3-5-7-16)10-12-23-13-11-20(21)22(19)2/h3-10,14H,11-13H2,1-2H3/b17-10-. The molecular formula is C21H21NO. The van der Waals surface area contributed by atoms with Crippen LogP contribution >= 0.6 is 0 Å². The molecule has 116 valence electrons. The van der Waals surface area contributed by atoms with Gasteiger partial charge in [0.15, 0.2) is 0 Å². The molecule has 0 bridgehead atoms. The van der Waals surface area contributed by atoms with Crippen molar-refractivity contribution in [2.75, 3.05) is 13.2 Å². The number of ether oxygens (including phenoxy) is 1. The first-order valence-electron chi connectivity index (χ1n) is 8.17. The normalized spacial score (nSPS) is 17.2. The van der Waals surface area contributed by atoms with Gasteiger partial charge in [-0.1, -0.05) is 48.0 Å². The summed E-state index contributed by atoms with van der Waals surface area (Å²) in [7, 11) is 2.17. The smallest absolute Gasteiger partial charge is 0.0656 e. The largest absolute Gasteiger partial charge is 0.377 e. The lowest BCUT2D eigenvalue weighted by molar-refractivity contribution is 0.164. The van der Waals surface area contributed by atoms with E-state index in [1.54, 1.807) is 0 Å². The quantitative estimate of drug-likeness (QED) is 0.646. The Labute approximate surface area is 137 Å². The predicted octanol–water partition coefficient (Wildman–Crippen LogP) is 4.49. The van der Waals surface area contributed by atoms with Crippen molar-refractivity contribution in [1.29, 1.82) is 0 Å². The predicted molar refractivity (Wildman–Crippen MR) is 95.7 cm³/mol. The summed E-state index contributed by atoms with van der Waals surface area (Å²) in [6.07, 6.45) is 3.18. The van der Waals surface area contributed by atoms with Crippen molar-refractivity contribution >= 4 is 16.5 Å². The molecule has 0 amide bonds. The highest BCUT2D eigenvalue weighted by Crippen LogP contribution is 2.36. The second-order valence-electron chi connectivity index (χ2n) is 6.21. The molecule has 2 heterocycles. The van der Waals surface area contributed by atoms with E-state index in [-0.39, 0.29) is 0 Å². The van der Waals surface area contributed by atoms with Crippen LogP contribution in [0.1, 0.15) is 22.4 Å². The molecule has 4 rings (SSSR count). The van der Waals surface area contributed by atoms with Crippen LogP contribution in [0.3, 0.4) is 0 Å². The molecule has 0 spiro atoms. The van der Waals surface area contributed by atoms with Crippen LogP contribution in [0.2, 0.25) is 0 Å². The lowest BCUT2D eigenvalue weighted by Crippen LogP contribution is -2.09. The Kier molecular flexibility index (Phi) is 3.55. The SMILES string of the molecule is Cc1ccc2c(c1)c1c(n2C)CCOC/C=C\1c1ccccc1. The van der Waals surface area contributed by atoms with E-state index in [4.69, 9.17) is 4.74 Å². The molecule has 0 aliphatic carbocycles. The van der Waals surface area contributed by atoms with Crippen LogP contribution in [0.15, 0.2) is 54.6 Å². The molecule has 2 nitrogen and oxygen atoms in total. The zero-order valence-electron chi connectivity index (χ0n) is 13.7. The Morgan fingerprint density at radius 1 is 1.04 bits per heavy atom. The second-order valence-corrected chi connectivity index (χ2v) is 6.21. The Morgan fingerprint density at radius 3 is 2.70 bits per heavy atom. The Balaban J connectivity index is 2.06. The van der Waals surface area contributed by atoms with Crippen LogP contribution in [-0.2, 0) is 18.2 Å². The summed E-state index contributed by atoms with van der Waals surface area (Å²) in [4.78, 5) is 0. The highest BCUT2D eigenvalue weighted by Gasteiger charge is 2.20. The maximum Gasteiger partial charge on any atom is 0.0656 e. The fraction of sp³-hybridized carbons (Fsp3) is 0.238. The van der Waals surface area contributed by atoms with Gasteiger partial charge < -0.3 is 9.30 Å². The average molecular weight is 303 g/mol. The van der Waals surface area contributed by atoms with Crippen LogP contribution in [0.4, 0.5) is 0 Å². The summed E-state index contributed by atoms with van der Waals surface area (Å²) in [5.74, 6) is 0. The molecule has 0 N–H and O–H groups in total. The molecule has 3 aromatic rings. The van der Waals surface area contributed by atoms with Crippen molar-refractivity contribution in [3.8, 4) is 0 Å². The number of hydrogen-bond donors (Lipinski definition) is 0. The molecular weight excluding hydrogens is 282 g/mol. The third kappa shape index (κ3) is 2.40. The number of rotatable bonds is 1. The van der Waals surface area contributed by atoms with E-state index in [2.05, 4.69) is 73.1 Å². The summed E-state index contributed by atoms with van der Waals surface area (Å²) < 4.78 is 8.10. The first kappa shape index (κ1) is 14.3. The minimum atomic E-state index is 0.672. The van der Waals surface area contributed by atoms with Gasteiger partial charge in [-0.3, -0.25) is 0 Å². The zero-order valence-corrected chi connectivity index (χ0v) is 13.7. The lowest BCUT2D eigenvalue weighted by atomic mass is 9.93. The summed E-state index contributed by atoms with van der Waals surface area (Å²) in [5, 5.41) is 1.35. The Hall–Kier alpha value is -2.32. The maximum atomic E-state index is 5.77. The van der Waals surface area contributed by atoms with Gasteiger partial charge in [0.1, 0.15) is 0 Å². The van der Waals surface area contributed by atoms with Gasteiger partial charge in [0, 0.05) is 35.6 Å². The van der Waals surface area contributed by atoms with Gasteiger partial charge in [0.25, 0.3) is 0 Å². The highest BCUT2D eigenvalue weighted by atomic mass is 16.5. The molecule has 0 saturated heterocycles. The average Bonchev–Trinajstić information content (AvgIpc) is 2.80. The number of benzene rings is 2. The van der Waals surface area contributed by atoms with Gasteiger partial charge >= 0.3 is 0 Å². The lowest BCUT2D eigenvalue weighted by Gasteiger charge is -2.15. The van der Waals surface area contributed by atoms with Crippen molar-refractivity contribution in [3.63, 3.8) is 0 Å². The molecule has 0 saturated carbocycles. The van der Waals surface area contributed by atoms with E-state index in [0.29, 0.717) is 6.61 Å². The van der Waals surface area contributed by atoms with Gasteiger partial charge in [-0.15, -0.1) is 0 Å². The molecule has 1 aliphatic rings. The van der Waals surface area contributed by atoms with Crippen molar-refractivity contribution in [2.45, 2.75) is 13.3 Å². The van der Waals surface area contributed by atoms with Gasteiger partial charge in [0.05, 0.1) is 13.2 Å². The molecule has 1 aromatic heterocycles. The summed E-state index contributed by atoms with van der Waals surface area (Å²) in [6.45, 7) is 3.61. The molecule has 0 radical (unpaired) electrons. The third-order valence-corrected chi connectivity index (χ3v) is 4.72. The minimum absolute atomic E-state index is 0.672. The van der Waals surface area contributed by atoms with Gasteiger partial charge in [0.2, 0.25) is 0 Å². The van der Waals surface area contributed by atoms with E-state index in [1.165, 1.54) is 38.9 Å². The molecule has 1 aliphatic heterocycles. The number of aromatic nitrogens is 1. The van der Waals surface area contributed by atoms with Gasteiger partial charge in [-0.25, -0.2) is 0 Å². The molecule has 2 aromatic carbocycles. The zero-order chi connectivity index (χ0) is 15.8. The fourth-order valence-electron chi connectivity index (χ4n) is 3.58. The van der Waals surface area contributed by atoms with E-state index in [1.807, 2.05) is 0 Å². The molecule has 0 fully saturated rings. The van der Waals surface area contributed by atoms with E-state index in [0.717, 1.165) is 13.0 Å². The Morgan fingerprint density at radius 2 is 1.87 bits per heavy atom. The number of nitrogens with zero attached hydrogens (tertiary/aromatic N) is 1. The third-order valence-electron chi connectivity index (χ3n) is 4.72. The molecule has 0 atom stereocenters. The summed E-state index contributed by atoms with van der Waals surface area (Å²) in [6, 6.07) is 17.4. The maximum absolute atomic E-state index is 5.77. The summed E-state index contributed by atoms with van der Waals surface area (Å²) in [5.41, 5.74) is 7.88. The topological polar surface area (TPSA) is 14.2 Å². The van der Waals surface area contributed by atoms with Crippen LogP contribution in [0.25, 0.3) is 16.5 Å². The number of hydrogen-bond acceptors (Lipinski definition) is 1. The number of fused-ring (bicyclic) bond motifs is 3. The van der Waals surface area contributed by atoms with Crippen LogP contribution < -0.4 is 0 Å². The van der Waals surface area contributed by atoms with Gasteiger partial charge in [-0.05, 0) is 30.2 Å². The molecule has 2 heteroatoms. The van der Waals surface area contributed by atoms with Crippen molar-refractivity contribution in [3.05, 3.63) is 77.0 Å². The van der Waals surface area contributed by atoms with Crippen molar-refractivity contribution in [2.24, 2.45) is 7.05 Å². The van der Waals surface area contributed by atoms with Crippen molar-refractivity contribution in [1.82, 2.24) is 4.57 Å². The van der Waals surface area contributed by atoms with Gasteiger partial charge in [-0.2, -0.15) is 0 Å². The van der Waals surface area contributed by atoms with E-state index >= 15 is 0 Å². The fourth-order valence-corrected chi connectivity index (χ4v) is 3.58. The first-order chi connectivity index (χ1) is 11.3. The van der Waals surface area contributed by atoms with Crippen LogP contribution in [0.5, 0.6) is 0 Å². The monoisotopic (exact) mass is 303 g/mol. The molecule has 0 unspecified atom stereocenters. The van der Waals surface area contributed by atoms with Crippen LogP contribution in [0, 0.1) is 6.92 Å². The highest BCUT2D eigenvalue weighted by molar-refractivity contribution is 5.99.